The average molecular weight is 444 g/mol. The van der Waals surface area contributed by atoms with Crippen LogP contribution in [0.5, 0.6) is 11.5 Å². The second kappa shape index (κ2) is 8.19. The van der Waals surface area contributed by atoms with Gasteiger partial charge in [-0.15, -0.1) is 0 Å². The van der Waals surface area contributed by atoms with Gasteiger partial charge in [0.1, 0.15) is 17.3 Å². The lowest BCUT2D eigenvalue weighted by atomic mass is 9.93. The van der Waals surface area contributed by atoms with E-state index in [4.69, 9.17) is 4.74 Å². The molecular formula is C22H17FO7S. The lowest BCUT2D eigenvalue weighted by Gasteiger charge is -2.16. The Kier molecular flexibility index (Phi) is 5.81. The molecule has 0 amide bonds. The molecule has 2 N–H and O–H groups in total. The van der Waals surface area contributed by atoms with E-state index >= 15 is 0 Å². The van der Waals surface area contributed by atoms with Crippen molar-refractivity contribution in [2.45, 2.75) is 11.8 Å². The number of carbonyl (C=O) groups is 2. The van der Waals surface area contributed by atoms with E-state index in [-0.39, 0.29) is 44.2 Å². The van der Waals surface area contributed by atoms with Crippen molar-refractivity contribution in [3.63, 3.8) is 0 Å². The lowest BCUT2D eigenvalue weighted by molar-refractivity contribution is 0.0695. The zero-order valence-corrected chi connectivity index (χ0v) is 17.2. The number of carboxylic acid groups (broad SMARTS) is 2. The summed E-state index contributed by atoms with van der Waals surface area (Å²) in [6.07, 6.45) is 1.00. The monoisotopic (exact) mass is 444 g/mol. The van der Waals surface area contributed by atoms with Crippen molar-refractivity contribution in [1.29, 1.82) is 0 Å². The van der Waals surface area contributed by atoms with Crippen LogP contribution in [0.25, 0.3) is 11.1 Å². The normalized spacial score (nSPS) is 11.2. The zero-order chi connectivity index (χ0) is 22.9. The van der Waals surface area contributed by atoms with Crippen molar-refractivity contribution in [3.8, 4) is 22.6 Å². The largest absolute Gasteiger partial charge is 0.478 e. The van der Waals surface area contributed by atoms with E-state index < -0.39 is 27.6 Å². The molecule has 0 atom stereocenters. The van der Waals surface area contributed by atoms with Gasteiger partial charge in [-0.2, -0.15) is 0 Å². The fraction of sp³-hybridized carbons (Fsp3) is 0.0909. The van der Waals surface area contributed by atoms with Crippen LogP contribution in [0.2, 0.25) is 0 Å². The summed E-state index contributed by atoms with van der Waals surface area (Å²) in [6.45, 7) is 1.50. The first-order chi connectivity index (χ1) is 14.5. The Morgan fingerprint density at radius 2 is 1.48 bits per heavy atom. The molecule has 0 fully saturated rings. The molecule has 160 valence electrons. The van der Waals surface area contributed by atoms with Gasteiger partial charge in [0.25, 0.3) is 0 Å². The Bertz CT molecular complexity index is 1300. The molecule has 0 aliphatic heterocycles. The van der Waals surface area contributed by atoms with Crippen LogP contribution in [0.15, 0.2) is 59.5 Å². The van der Waals surface area contributed by atoms with E-state index in [1.165, 1.54) is 55.5 Å². The van der Waals surface area contributed by atoms with Gasteiger partial charge in [-0.1, -0.05) is 0 Å². The summed E-state index contributed by atoms with van der Waals surface area (Å²) in [6, 6.07) is 11.4. The van der Waals surface area contributed by atoms with Crippen molar-refractivity contribution in [2.75, 3.05) is 6.26 Å². The number of hydrogen-bond donors (Lipinski definition) is 2. The smallest absolute Gasteiger partial charge is 0.336 e. The Morgan fingerprint density at radius 3 is 2.03 bits per heavy atom. The fourth-order valence-corrected chi connectivity index (χ4v) is 3.65. The molecule has 3 rings (SSSR count). The Balaban J connectivity index is 2.29. The van der Waals surface area contributed by atoms with Gasteiger partial charge in [-0.05, 0) is 67.1 Å². The van der Waals surface area contributed by atoms with E-state index in [9.17, 15) is 32.6 Å². The summed E-state index contributed by atoms with van der Waals surface area (Å²) >= 11 is 0. The van der Waals surface area contributed by atoms with Crippen LogP contribution >= 0.6 is 0 Å². The van der Waals surface area contributed by atoms with Gasteiger partial charge in [0, 0.05) is 17.4 Å². The number of carboxylic acids is 2. The number of halogens is 1. The van der Waals surface area contributed by atoms with Crippen molar-refractivity contribution >= 4 is 21.8 Å². The third-order valence-corrected chi connectivity index (χ3v) is 5.65. The summed E-state index contributed by atoms with van der Waals surface area (Å²) < 4.78 is 43.1. The van der Waals surface area contributed by atoms with Crippen LogP contribution in [0.1, 0.15) is 26.3 Å². The molecule has 31 heavy (non-hydrogen) atoms. The first-order valence-corrected chi connectivity index (χ1v) is 10.8. The third kappa shape index (κ3) is 4.72. The molecule has 3 aromatic carbocycles. The summed E-state index contributed by atoms with van der Waals surface area (Å²) in [7, 11) is -3.64. The molecule has 7 nitrogen and oxygen atoms in total. The highest BCUT2D eigenvalue weighted by Gasteiger charge is 2.22. The Hall–Kier alpha value is -3.72. The van der Waals surface area contributed by atoms with Gasteiger partial charge in [0.15, 0.2) is 9.84 Å². The second-order valence-electron chi connectivity index (χ2n) is 6.81. The molecule has 0 aromatic heterocycles. The van der Waals surface area contributed by atoms with Crippen LogP contribution in [0.3, 0.4) is 0 Å². The molecule has 0 spiro atoms. The summed E-state index contributed by atoms with van der Waals surface area (Å²) in [5, 5.41) is 19.0. The van der Waals surface area contributed by atoms with E-state index in [1.54, 1.807) is 0 Å². The quantitative estimate of drug-likeness (QED) is 0.579. The fourth-order valence-electron chi connectivity index (χ4n) is 3.01. The topological polar surface area (TPSA) is 118 Å². The first-order valence-electron chi connectivity index (χ1n) is 8.86. The van der Waals surface area contributed by atoms with Crippen LogP contribution < -0.4 is 4.74 Å². The summed E-state index contributed by atoms with van der Waals surface area (Å²) in [4.78, 5) is 23.2. The second-order valence-corrected chi connectivity index (χ2v) is 8.82. The number of benzene rings is 3. The number of sulfone groups is 1. The number of ether oxygens (including phenoxy) is 1. The van der Waals surface area contributed by atoms with Crippen LogP contribution in [-0.2, 0) is 9.84 Å². The van der Waals surface area contributed by atoms with Gasteiger partial charge in [-0.25, -0.2) is 22.4 Å². The minimum absolute atomic E-state index is 0.0785. The van der Waals surface area contributed by atoms with Crippen LogP contribution in [0, 0.1) is 12.7 Å². The van der Waals surface area contributed by atoms with Crippen LogP contribution in [-0.4, -0.2) is 36.8 Å². The van der Waals surface area contributed by atoms with Crippen molar-refractivity contribution in [3.05, 3.63) is 77.1 Å². The molecule has 0 saturated carbocycles. The molecule has 0 bridgehead atoms. The lowest BCUT2D eigenvalue weighted by Crippen LogP contribution is -2.07. The summed E-state index contributed by atoms with van der Waals surface area (Å²) in [5.74, 6) is -2.81. The van der Waals surface area contributed by atoms with Gasteiger partial charge in [0.2, 0.25) is 0 Å². The average Bonchev–Trinajstić information content (AvgIpc) is 2.68. The van der Waals surface area contributed by atoms with Crippen molar-refractivity contribution < 1.29 is 37.3 Å². The van der Waals surface area contributed by atoms with Gasteiger partial charge >= 0.3 is 11.9 Å². The zero-order valence-electron chi connectivity index (χ0n) is 16.4. The SMILES string of the molecule is Cc1cc(-c2cc(S(C)(=O)=O)ccc2Oc2ccc(F)cc2)c(C(=O)O)cc1C(=O)O. The maximum Gasteiger partial charge on any atom is 0.336 e. The van der Waals surface area contributed by atoms with Crippen molar-refractivity contribution in [2.24, 2.45) is 0 Å². The maximum atomic E-state index is 13.2. The predicted molar refractivity (Wildman–Crippen MR) is 110 cm³/mol. The number of aryl methyl sites for hydroxylation is 1. The van der Waals surface area contributed by atoms with Gasteiger partial charge in [-0.3, -0.25) is 0 Å². The Labute approximate surface area is 177 Å². The molecule has 3 aromatic rings. The number of aromatic carboxylic acids is 2. The third-order valence-electron chi connectivity index (χ3n) is 4.54. The first kappa shape index (κ1) is 22.0. The number of hydrogen-bond acceptors (Lipinski definition) is 5. The molecule has 0 saturated heterocycles. The Morgan fingerprint density at radius 1 is 0.871 bits per heavy atom. The highest BCUT2D eigenvalue weighted by Crippen LogP contribution is 2.38. The maximum absolute atomic E-state index is 13.2. The highest BCUT2D eigenvalue weighted by molar-refractivity contribution is 7.90. The molecule has 0 heterocycles. The minimum atomic E-state index is -3.64. The molecule has 0 aliphatic carbocycles. The van der Waals surface area contributed by atoms with E-state index in [0.717, 1.165) is 12.3 Å². The van der Waals surface area contributed by atoms with Crippen molar-refractivity contribution in [1.82, 2.24) is 0 Å². The van der Waals surface area contributed by atoms with E-state index in [0.29, 0.717) is 0 Å². The molecular weight excluding hydrogens is 427 g/mol. The van der Waals surface area contributed by atoms with E-state index in [2.05, 4.69) is 0 Å². The number of rotatable bonds is 6. The van der Waals surface area contributed by atoms with Gasteiger partial charge < -0.3 is 14.9 Å². The summed E-state index contributed by atoms with van der Waals surface area (Å²) in [5.41, 5.74) is -0.0358. The van der Waals surface area contributed by atoms with Gasteiger partial charge in [0.05, 0.1) is 16.0 Å². The molecule has 0 unspecified atom stereocenters. The molecule has 0 radical (unpaired) electrons. The minimum Gasteiger partial charge on any atom is -0.478 e. The van der Waals surface area contributed by atoms with E-state index in [1.807, 2.05) is 0 Å². The van der Waals surface area contributed by atoms with Crippen LogP contribution in [0.4, 0.5) is 4.39 Å². The predicted octanol–water partition coefficient (Wildman–Crippen LogP) is 4.39. The standard InChI is InChI=1S/C22H17FO7S/c1-12-9-17(19(22(26)27)11-16(12)21(24)25)18-10-15(31(2,28)29)7-8-20(18)30-14-5-3-13(23)4-6-14/h3-11H,1-2H3,(H,24,25)(H,26,27). The molecule has 0 aliphatic rings. The molecule has 9 heteroatoms. The highest BCUT2D eigenvalue weighted by atomic mass is 32.2.